The van der Waals surface area contributed by atoms with E-state index in [1.54, 1.807) is 0 Å². The molecule has 0 aliphatic carbocycles. The Balaban J connectivity index is 2.83. The Morgan fingerprint density at radius 2 is 1.43 bits per heavy atom. The smallest absolute Gasteiger partial charge is 0.137 e. The minimum absolute atomic E-state index is 0.0963. The number of nitrogens with zero attached hydrogens (tertiary/aromatic N) is 2. The summed E-state index contributed by atoms with van der Waals surface area (Å²) in [5.41, 5.74) is 3.40. The standard InChI is InChI=1S/C18H28N2OP2/c1-17(2,3)22(7)15-16(23(8,21)18(4,5)6)20-14-12-10-9-11-13(14)19-15/h9-12H,1-8H3/t22-,23+/m0/s1. The molecule has 0 unspecified atom stereocenters. The molecule has 0 spiro atoms. The lowest BCUT2D eigenvalue weighted by Crippen LogP contribution is -2.38. The summed E-state index contributed by atoms with van der Waals surface area (Å²) in [4.78, 5) is 9.75. The normalized spacial score (nSPS) is 17.0. The lowest BCUT2D eigenvalue weighted by molar-refractivity contribution is 0.560. The molecule has 0 radical (unpaired) electrons. The highest BCUT2D eigenvalue weighted by atomic mass is 31.2. The second kappa shape index (κ2) is 5.94. The van der Waals surface area contributed by atoms with Gasteiger partial charge in [0.05, 0.1) is 16.5 Å². The van der Waals surface area contributed by atoms with Crippen LogP contribution >= 0.6 is 15.1 Å². The average molecular weight is 350 g/mol. The third-order valence-electron chi connectivity index (χ3n) is 4.54. The molecule has 3 nitrogen and oxygen atoms in total. The highest BCUT2D eigenvalue weighted by Gasteiger charge is 2.39. The molecule has 2 atom stereocenters. The van der Waals surface area contributed by atoms with E-state index in [4.69, 9.17) is 9.97 Å². The summed E-state index contributed by atoms with van der Waals surface area (Å²) < 4.78 is 13.6. The van der Waals surface area contributed by atoms with Crippen molar-refractivity contribution in [1.29, 1.82) is 0 Å². The van der Waals surface area contributed by atoms with Gasteiger partial charge >= 0.3 is 0 Å². The third-order valence-corrected chi connectivity index (χ3v) is 11.4. The van der Waals surface area contributed by atoms with Crippen LogP contribution in [-0.4, -0.2) is 33.6 Å². The van der Waals surface area contributed by atoms with Gasteiger partial charge in [0.2, 0.25) is 0 Å². The quantitative estimate of drug-likeness (QED) is 0.745. The number of benzene rings is 1. The predicted octanol–water partition coefficient (Wildman–Crippen LogP) is 4.58. The lowest BCUT2D eigenvalue weighted by Gasteiger charge is -2.33. The zero-order valence-electron chi connectivity index (χ0n) is 15.5. The van der Waals surface area contributed by atoms with Gasteiger partial charge in [0.1, 0.15) is 12.6 Å². The molecule has 0 fully saturated rings. The monoisotopic (exact) mass is 350 g/mol. The molecule has 0 aliphatic rings. The van der Waals surface area contributed by atoms with Crippen LogP contribution in [0.4, 0.5) is 0 Å². The topological polar surface area (TPSA) is 42.9 Å². The van der Waals surface area contributed by atoms with Gasteiger partial charge in [-0.05, 0) is 30.6 Å². The summed E-state index contributed by atoms with van der Waals surface area (Å²) >= 11 is 0. The second-order valence-electron chi connectivity index (χ2n) is 8.18. The summed E-state index contributed by atoms with van der Waals surface area (Å²) in [6.07, 6.45) is 0. The van der Waals surface area contributed by atoms with Crippen molar-refractivity contribution < 1.29 is 4.57 Å². The van der Waals surface area contributed by atoms with Gasteiger partial charge in [0.15, 0.2) is 0 Å². The Labute approximate surface area is 141 Å². The van der Waals surface area contributed by atoms with Crippen molar-refractivity contribution in [1.82, 2.24) is 9.97 Å². The lowest BCUT2D eigenvalue weighted by atomic mass is 10.3. The van der Waals surface area contributed by atoms with Gasteiger partial charge in [-0.1, -0.05) is 61.6 Å². The second-order valence-corrected chi connectivity index (χ2v) is 14.7. The van der Waals surface area contributed by atoms with Gasteiger partial charge in [-0.25, -0.2) is 9.97 Å². The van der Waals surface area contributed by atoms with Crippen LogP contribution in [0, 0.1) is 0 Å². The van der Waals surface area contributed by atoms with Crippen molar-refractivity contribution in [3.63, 3.8) is 0 Å². The third kappa shape index (κ3) is 3.52. The van der Waals surface area contributed by atoms with Crippen molar-refractivity contribution in [3.05, 3.63) is 24.3 Å². The maximum Gasteiger partial charge on any atom is 0.137 e. The van der Waals surface area contributed by atoms with Crippen LogP contribution in [0.25, 0.3) is 11.0 Å². The minimum Gasteiger partial charge on any atom is -0.317 e. The Morgan fingerprint density at radius 1 is 0.957 bits per heavy atom. The van der Waals surface area contributed by atoms with E-state index in [9.17, 15) is 4.57 Å². The van der Waals surface area contributed by atoms with Crippen LogP contribution in [-0.2, 0) is 4.57 Å². The van der Waals surface area contributed by atoms with E-state index in [2.05, 4.69) is 27.4 Å². The molecule has 1 heterocycles. The largest absolute Gasteiger partial charge is 0.317 e. The van der Waals surface area contributed by atoms with E-state index in [1.165, 1.54) is 0 Å². The summed E-state index contributed by atoms with van der Waals surface area (Å²) in [6, 6.07) is 7.87. The van der Waals surface area contributed by atoms with Gasteiger partial charge in [-0.3, -0.25) is 0 Å². The molecule has 0 saturated carbocycles. The summed E-state index contributed by atoms with van der Waals surface area (Å²) in [6.45, 7) is 16.8. The van der Waals surface area contributed by atoms with Crippen LogP contribution in [0.2, 0.25) is 0 Å². The van der Waals surface area contributed by atoms with Crippen molar-refractivity contribution in [3.8, 4) is 0 Å². The van der Waals surface area contributed by atoms with Crippen molar-refractivity contribution >= 4 is 37.0 Å². The highest BCUT2D eigenvalue weighted by Crippen LogP contribution is 2.55. The molecule has 2 aromatic rings. The molecule has 0 saturated heterocycles. The summed E-state index contributed by atoms with van der Waals surface area (Å²) in [7, 11) is -3.22. The van der Waals surface area contributed by atoms with Gasteiger partial charge in [0.25, 0.3) is 0 Å². The summed E-state index contributed by atoms with van der Waals surface area (Å²) in [5, 5.41) is -0.230. The molecule has 126 valence electrons. The first-order valence-corrected chi connectivity index (χ1v) is 11.9. The van der Waals surface area contributed by atoms with E-state index in [0.717, 1.165) is 21.9 Å². The van der Waals surface area contributed by atoms with Crippen molar-refractivity contribution in [2.45, 2.75) is 51.9 Å². The number of aromatic nitrogens is 2. The number of para-hydroxylation sites is 2. The average Bonchev–Trinajstić information content (AvgIpc) is 2.42. The van der Waals surface area contributed by atoms with Crippen molar-refractivity contribution in [2.75, 3.05) is 13.3 Å². The van der Waals surface area contributed by atoms with Crippen LogP contribution in [0.3, 0.4) is 0 Å². The molecular formula is C18H28N2OP2. The Morgan fingerprint density at radius 3 is 1.87 bits per heavy atom. The van der Waals surface area contributed by atoms with Crippen LogP contribution in [0.1, 0.15) is 41.5 Å². The first-order valence-electron chi connectivity index (χ1n) is 7.94. The molecular weight excluding hydrogens is 322 g/mol. The molecule has 1 aromatic carbocycles. The van der Waals surface area contributed by atoms with E-state index < -0.39 is 15.1 Å². The van der Waals surface area contributed by atoms with E-state index in [0.29, 0.717) is 0 Å². The van der Waals surface area contributed by atoms with Crippen LogP contribution in [0.5, 0.6) is 0 Å². The zero-order valence-corrected chi connectivity index (χ0v) is 17.3. The van der Waals surface area contributed by atoms with Crippen LogP contribution in [0.15, 0.2) is 24.3 Å². The van der Waals surface area contributed by atoms with E-state index >= 15 is 0 Å². The summed E-state index contributed by atoms with van der Waals surface area (Å²) in [5.74, 6) is 0. The number of hydrogen-bond donors (Lipinski definition) is 0. The number of hydrogen-bond acceptors (Lipinski definition) is 3. The van der Waals surface area contributed by atoms with Gasteiger partial charge in [-0.15, -0.1) is 0 Å². The minimum atomic E-state index is -2.65. The molecule has 0 bridgehead atoms. The molecule has 0 aliphatic heterocycles. The molecule has 2 rings (SSSR count). The molecule has 5 heteroatoms. The zero-order chi connectivity index (χ0) is 17.6. The Kier molecular flexibility index (Phi) is 4.79. The fraction of sp³-hybridized carbons (Fsp3) is 0.556. The maximum atomic E-state index is 13.6. The molecule has 0 N–H and O–H groups in total. The number of rotatable bonds is 2. The first kappa shape index (κ1) is 18.6. The van der Waals surface area contributed by atoms with E-state index in [1.807, 2.05) is 51.7 Å². The van der Waals surface area contributed by atoms with E-state index in [-0.39, 0.29) is 10.3 Å². The Hall–Kier alpha value is -0.780. The SMILES string of the molecule is C[P@@](c1nc2ccccc2nc1[P@@](C)(=O)C(C)(C)C)C(C)(C)C. The Bertz CT molecular complexity index is 773. The fourth-order valence-corrected chi connectivity index (χ4v) is 5.76. The molecule has 23 heavy (non-hydrogen) atoms. The van der Waals surface area contributed by atoms with Crippen LogP contribution < -0.4 is 10.9 Å². The number of fused-ring (bicyclic) bond motifs is 1. The first-order chi connectivity index (χ1) is 10.4. The highest BCUT2D eigenvalue weighted by molar-refractivity contribution is 7.75. The maximum absolute atomic E-state index is 13.6. The van der Waals surface area contributed by atoms with Gasteiger partial charge in [-0.2, -0.15) is 0 Å². The van der Waals surface area contributed by atoms with Gasteiger partial charge < -0.3 is 4.57 Å². The van der Waals surface area contributed by atoms with Crippen molar-refractivity contribution in [2.24, 2.45) is 0 Å². The molecule has 0 amide bonds. The molecule has 1 aromatic heterocycles. The van der Waals surface area contributed by atoms with Gasteiger partial charge in [0, 0.05) is 5.16 Å². The fourth-order valence-electron chi connectivity index (χ4n) is 2.13. The predicted molar refractivity (Wildman–Crippen MR) is 105 cm³/mol.